The number of carbonyl (C=O) groups excluding carboxylic acids is 1. The van der Waals surface area contributed by atoms with Gasteiger partial charge in [0.05, 0.1) is 18.1 Å². The maximum absolute atomic E-state index is 10.9. The molecule has 0 aliphatic heterocycles. The summed E-state index contributed by atoms with van der Waals surface area (Å²) in [5.41, 5.74) is 1.88. The van der Waals surface area contributed by atoms with Crippen molar-refractivity contribution in [3.63, 3.8) is 0 Å². The van der Waals surface area contributed by atoms with Crippen molar-refractivity contribution in [1.82, 2.24) is 5.43 Å². The van der Waals surface area contributed by atoms with Gasteiger partial charge in [-0.1, -0.05) is 6.92 Å². The van der Waals surface area contributed by atoms with Gasteiger partial charge in [0, 0.05) is 0 Å². The molecular weight excluding hydrogens is 156 g/mol. The van der Waals surface area contributed by atoms with Crippen LogP contribution >= 0.6 is 0 Å². The van der Waals surface area contributed by atoms with Gasteiger partial charge in [0.1, 0.15) is 0 Å². The lowest BCUT2D eigenvalue weighted by Crippen LogP contribution is -2.37. The fourth-order valence-corrected chi connectivity index (χ4v) is 0.593. The summed E-state index contributed by atoms with van der Waals surface area (Å²) in [6.07, 6.45) is 0. The van der Waals surface area contributed by atoms with Crippen molar-refractivity contribution in [2.75, 3.05) is 6.61 Å². The summed E-state index contributed by atoms with van der Waals surface area (Å²) in [6.45, 7) is 8.00. The second kappa shape index (κ2) is 4.42. The molecule has 1 atom stereocenters. The van der Waals surface area contributed by atoms with Crippen molar-refractivity contribution in [2.24, 2.45) is 11.8 Å². The van der Waals surface area contributed by atoms with Gasteiger partial charge in [0.25, 0.3) is 0 Å². The molecule has 4 nitrogen and oxygen atoms in total. The zero-order chi connectivity index (χ0) is 9.78. The Bertz CT molecular complexity index is 152. The Hall–Kier alpha value is -0.610. The lowest BCUT2D eigenvalue weighted by molar-refractivity contribution is -0.128. The van der Waals surface area contributed by atoms with Gasteiger partial charge in [0.15, 0.2) is 0 Å². The third-order valence-electron chi connectivity index (χ3n) is 1.36. The van der Waals surface area contributed by atoms with Crippen molar-refractivity contribution in [2.45, 2.75) is 33.3 Å². The van der Waals surface area contributed by atoms with Crippen LogP contribution in [0.3, 0.4) is 0 Å². The fraction of sp³-hybridized carbons (Fsp3) is 0.875. The molecule has 0 saturated carbocycles. The largest absolute Gasteiger partial charge is 0.375 e. The molecule has 0 rings (SSSR count). The third kappa shape index (κ3) is 5.09. The summed E-state index contributed by atoms with van der Waals surface area (Å²) >= 11 is 0. The molecule has 0 aliphatic carbocycles. The van der Waals surface area contributed by atoms with E-state index in [1.54, 1.807) is 6.92 Å². The number of carbonyl (C=O) groups is 1. The first kappa shape index (κ1) is 11.4. The summed E-state index contributed by atoms with van der Waals surface area (Å²) in [7, 11) is 0. The second-order valence-corrected chi connectivity index (χ2v) is 3.83. The topological polar surface area (TPSA) is 64.3 Å². The minimum atomic E-state index is -0.205. The first-order chi connectivity index (χ1) is 5.37. The Morgan fingerprint density at radius 3 is 2.42 bits per heavy atom. The Labute approximate surface area is 73.4 Å². The summed E-state index contributed by atoms with van der Waals surface area (Å²) in [5, 5.41) is 0. The molecule has 0 unspecified atom stereocenters. The van der Waals surface area contributed by atoms with E-state index in [0.717, 1.165) is 0 Å². The lowest BCUT2D eigenvalue weighted by atomic mass is 10.1. The van der Waals surface area contributed by atoms with Gasteiger partial charge in [-0.3, -0.25) is 10.2 Å². The molecule has 1 amide bonds. The molecule has 3 N–H and O–H groups in total. The maximum Gasteiger partial charge on any atom is 0.239 e. The molecule has 0 aliphatic rings. The van der Waals surface area contributed by atoms with Crippen molar-refractivity contribution in [3.05, 3.63) is 0 Å². The summed E-state index contributed by atoms with van der Waals surface area (Å²) in [4.78, 5) is 10.9. The maximum atomic E-state index is 10.9. The van der Waals surface area contributed by atoms with Gasteiger partial charge in [-0.15, -0.1) is 0 Å². The highest BCUT2D eigenvalue weighted by molar-refractivity contribution is 5.77. The van der Waals surface area contributed by atoms with Gasteiger partial charge in [-0.2, -0.15) is 0 Å². The van der Waals surface area contributed by atoms with Gasteiger partial charge in [-0.05, 0) is 20.8 Å². The highest BCUT2D eigenvalue weighted by Crippen LogP contribution is 2.09. The first-order valence-corrected chi connectivity index (χ1v) is 4.01. The van der Waals surface area contributed by atoms with Crippen molar-refractivity contribution < 1.29 is 9.53 Å². The Morgan fingerprint density at radius 1 is 1.58 bits per heavy atom. The van der Waals surface area contributed by atoms with Gasteiger partial charge in [-0.25, -0.2) is 5.84 Å². The molecule has 0 fully saturated rings. The summed E-state index contributed by atoms with van der Waals surface area (Å²) < 4.78 is 5.40. The van der Waals surface area contributed by atoms with E-state index >= 15 is 0 Å². The number of amides is 1. The van der Waals surface area contributed by atoms with Crippen LogP contribution in [0, 0.1) is 5.92 Å². The summed E-state index contributed by atoms with van der Waals surface area (Å²) in [6, 6.07) is 0. The second-order valence-electron chi connectivity index (χ2n) is 3.83. The molecule has 0 aromatic rings. The third-order valence-corrected chi connectivity index (χ3v) is 1.36. The fourth-order valence-electron chi connectivity index (χ4n) is 0.593. The van der Waals surface area contributed by atoms with E-state index in [-0.39, 0.29) is 17.4 Å². The predicted octanol–water partition coefficient (Wildman–Crippen LogP) is 0.428. The number of nitrogens with two attached hydrogens (primary N) is 1. The molecule has 0 saturated heterocycles. The van der Waals surface area contributed by atoms with Crippen molar-refractivity contribution in [1.29, 1.82) is 0 Å². The molecule has 0 aromatic carbocycles. The highest BCUT2D eigenvalue weighted by Gasteiger charge is 2.16. The quantitative estimate of drug-likeness (QED) is 0.370. The number of hydrogen-bond donors (Lipinski definition) is 2. The number of hydrogen-bond acceptors (Lipinski definition) is 3. The van der Waals surface area contributed by atoms with E-state index in [1.807, 2.05) is 20.8 Å². The molecule has 4 heteroatoms. The predicted molar refractivity (Wildman–Crippen MR) is 47.2 cm³/mol. The van der Waals surface area contributed by atoms with Gasteiger partial charge < -0.3 is 4.74 Å². The average Bonchev–Trinajstić information content (AvgIpc) is 1.97. The Morgan fingerprint density at radius 2 is 2.08 bits per heavy atom. The molecule has 12 heavy (non-hydrogen) atoms. The average molecular weight is 174 g/mol. The molecule has 72 valence electrons. The van der Waals surface area contributed by atoms with Gasteiger partial charge >= 0.3 is 0 Å². The van der Waals surface area contributed by atoms with Crippen LogP contribution in [-0.2, 0) is 9.53 Å². The van der Waals surface area contributed by atoms with Crippen LogP contribution in [0.5, 0.6) is 0 Å². The van der Waals surface area contributed by atoms with E-state index in [2.05, 4.69) is 5.43 Å². The zero-order valence-corrected chi connectivity index (χ0v) is 8.18. The van der Waals surface area contributed by atoms with E-state index in [9.17, 15) is 4.79 Å². The van der Waals surface area contributed by atoms with Gasteiger partial charge in [0.2, 0.25) is 5.91 Å². The van der Waals surface area contributed by atoms with Crippen LogP contribution in [0.15, 0.2) is 0 Å². The Kier molecular flexibility index (Phi) is 4.20. The summed E-state index contributed by atoms with van der Waals surface area (Å²) in [5.74, 6) is 4.56. The van der Waals surface area contributed by atoms with Crippen LogP contribution in [0.1, 0.15) is 27.7 Å². The number of hydrazine groups is 1. The van der Waals surface area contributed by atoms with E-state index < -0.39 is 0 Å². The number of ether oxygens (including phenoxy) is 1. The lowest BCUT2D eigenvalue weighted by Gasteiger charge is -2.21. The van der Waals surface area contributed by atoms with Crippen LogP contribution in [0.2, 0.25) is 0 Å². The SMILES string of the molecule is C[C@@H](COC(C)(C)C)C(=O)NN. The molecule has 0 radical (unpaired) electrons. The van der Waals surface area contributed by atoms with Crippen LogP contribution in [0.4, 0.5) is 0 Å². The Balaban J connectivity index is 3.72. The minimum absolute atomic E-state index is 0.195. The van der Waals surface area contributed by atoms with Crippen molar-refractivity contribution in [3.8, 4) is 0 Å². The zero-order valence-electron chi connectivity index (χ0n) is 8.18. The van der Waals surface area contributed by atoms with Crippen LogP contribution < -0.4 is 11.3 Å². The van der Waals surface area contributed by atoms with Crippen LogP contribution in [0.25, 0.3) is 0 Å². The number of nitrogens with one attached hydrogen (secondary N) is 1. The molecule has 0 bridgehead atoms. The first-order valence-electron chi connectivity index (χ1n) is 4.01. The molecule has 0 heterocycles. The van der Waals surface area contributed by atoms with E-state index in [0.29, 0.717) is 6.61 Å². The van der Waals surface area contributed by atoms with Crippen LogP contribution in [-0.4, -0.2) is 18.1 Å². The minimum Gasteiger partial charge on any atom is -0.375 e. The normalized spacial score (nSPS) is 14.1. The van der Waals surface area contributed by atoms with E-state index in [4.69, 9.17) is 10.6 Å². The highest BCUT2D eigenvalue weighted by atomic mass is 16.5. The molecular formula is C8H18N2O2. The molecule has 0 spiro atoms. The van der Waals surface area contributed by atoms with Crippen molar-refractivity contribution >= 4 is 5.91 Å². The standard InChI is InChI=1S/C8H18N2O2/c1-6(7(11)10-9)5-12-8(2,3)4/h6H,5,9H2,1-4H3,(H,10,11)/t6-/m0/s1. The molecule has 0 aromatic heterocycles. The van der Waals surface area contributed by atoms with E-state index in [1.165, 1.54) is 0 Å². The monoisotopic (exact) mass is 174 g/mol. The number of rotatable bonds is 3. The smallest absolute Gasteiger partial charge is 0.239 e.